The molecule has 0 unspecified atom stereocenters. The quantitative estimate of drug-likeness (QED) is 0.563. The first-order valence-corrected chi connectivity index (χ1v) is 6.10. The molecule has 4 nitrogen and oxygen atoms in total. The minimum atomic E-state index is -0.491. The topological polar surface area (TPSA) is 52.6 Å². The van der Waals surface area contributed by atoms with Gasteiger partial charge in [-0.3, -0.25) is 9.59 Å². The number of ketones is 1. The van der Waals surface area contributed by atoms with Crippen LogP contribution in [0, 0.1) is 5.82 Å². The number of hydrogen-bond donors (Lipinski definition) is 0. The van der Waals surface area contributed by atoms with Gasteiger partial charge in [0.1, 0.15) is 11.6 Å². The second kappa shape index (κ2) is 7.51. The van der Waals surface area contributed by atoms with E-state index in [1.165, 1.54) is 19.2 Å². The zero-order chi connectivity index (χ0) is 14.3. The van der Waals surface area contributed by atoms with Crippen molar-refractivity contribution in [2.24, 2.45) is 0 Å². The zero-order valence-electron chi connectivity index (χ0n) is 11.1. The van der Waals surface area contributed by atoms with E-state index in [-0.39, 0.29) is 30.2 Å². The molecule has 104 valence electrons. The summed E-state index contributed by atoms with van der Waals surface area (Å²) in [5, 5.41) is 0. The van der Waals surface area contributed by atoms with Gasteiger partial charge in [-0.15, -0.1) is 0 Å². The Morgan fingerprint density at radius 1 is 1.26 bits per heavy atom. The number of esters is 1. The number of halogens is 1. The molecular formula is C14H17FO4. The normalized spacial score (nSPS) is 10.1. The molecule has 0 aliphatic rings. The van der Waals surface area contributed by atoms with Crippen LogP contribution in [0.5, 0.6) is 5.75 Å². The van der Waals surface area contributed by atoms with Gasteiger partial charge in [0, 0.05) is 12.8 Å². The monoisotopic (exact) mass is 268 g/mol. The number of rotatable bonds is 7. The highest BCUT2D eigenvalue weighted by atomic mass is 19.1. The fourth-order valence-electron chi connectivity index (χ4n) is 1.66. The molecule has 1 aromatic carbocycles. The van der Waals surface area contributed by atoms with Crippen LogP contribution in [0.25, 0.3) is 0 Å². The van der Waals surface area contributed by atoms with Crippen molar-refractivity contribution in [3.8, 4) is 5.75 Å². The minimum Gasteiger partial charge on any atom is -0.496 e. The highest BCUT2D eigenvalue weighted by Gasteiger charge is 2.14. The second-order valence-electron chi connectivity index (χ2n) is 3.93. The molecule has 1 aromatic rings. The van der Waals surface area contributed by atoms with Gasteiger partial charge in [-0.25, -0.2) is 4.39 Å². The van der Waals surface area contributed by atoms with Crippen LogP contribution < -0.4 is 4.74 Å². The Morgan fingerprint density at radius 2 is 2.00 bits per heavy atom. The van der Waals surface area contributed by atoms with Gasteiger partial charge in [0.25, 0.3) is 0 Å². The molecule has 0 fully saturated rings. The molecule has 0 radical (unpaired) electrons. The second-order valence-corrected chi connectivity index (χ2v) is 3.93. The van der Waals surface area contributed by atoms with Gasteiger partial charge in [0.2, 0.25) is 0 Å². The molecule has 1 rings (SSSR count). The van der Waals surface area contributed by atoms with E-state index in [2.05, 4.69) is 0 Å². The predicted molar refractivity (Wildman–Crippen MR) is 67.8 cm³/mol. The third-order valence-electron chi connectivity index (χ3n) is 2.55. The van der Waals surface area contributed by atoms with Crippen LogP contribution in [0.2, 0.25) is 0 Å². The number of hydrogen-bond acceptors (Lipinski definition) is 4. The summed E-state index contributed by atoms with van der Waals surface area (Å²) in [7, 11) is 1.42. The lowest BCUT2D eigenvalue weighted by Gasteiger charge is -2.07. The molecule has 5 heteroatoms. The van der Waals surface area contributed by atoms with E-state index in [9.17, 15) is 14.0 Å². The smallest absolute Gasteiger partial charge is 0.305 e. The van der Waals surface area contributed by atoms with Crippen LogP contribution in [0.3, 0.4) is 0 Å². The fourth-order valence-corrected chi connectivity index (χ4v) is 1.66. The van der Waals surface area contributed by atoms with Gasteiger partial charge in [0.15, 0.2) is 5.78 Å². The van der Waals surface area contributed by atoms with Crippen molar-refractivity contribution in [2.75, 3.05) is 13.7 Å². The lowest BCUT2D eigenvalue weighted by molar-refractivity contribution is -0.143. The maximum atomic E-state index is 13.1. The number of benzene rings is 1. The lowest BCUT2D eigenvalue weighted by Crippen LogP contribution is -2.07. The average Bonchev–Trinajstić information content (AvgIpc) is 2.38. The van der Waals surface area contributed by atoms with Gasteiger partial charge in [-0.2, -0.15) is 0 Å². The van der Waals surface area contributed by atoms with Gasteiger partial charge < -0.3 is 9.47 Å². The van der Waals surface area contributed by atoms with Crippen molar-refractivity contribution in [3.63, 3.8) is 0 Å². The Morgan fingerprint density at radius 3 is 2.63 bits per heavy atom. The third kappa shape index (κ3) is 4.69. The Balaban J connectivity index is 2.58. The summed E-state index contributed by atoms with van der Waals surface area (Å²) in [5.74, 6) is -0.737. The maximum Gasteiger partial charge on any atom is 0.305 e. The molecule has 19 heavy (non-hydrogen) atoms. The van der Waals surface area contributed by atoms with Gasteiger partial charge in [-0.05, 0) is 31.5 Å². The van der Waals surface area contributed by atoms with E-state index in [0.29, 0.717) is 18.8 Å². The molecule has 0 aliphatic heterocycles. The van der Waals surface area contributed by atoms with Crippen LogP contribution >= 0.6 is 0 Å². The minimum absolute atomic E-state index is 0.151. The highest BCUT2D eigenvalue weighted by molar-refractivity contribution is 5.98. The summed E-state index contributed by atoms with van der Waals surface area (Å²) in [4.78, 5) is 23.0. The Kier molecular flexibility index (Phi) is 5.99. The molecule has 0 saturated heterocycles. The van der Waals surface area contributed by atoms with E-state index in [1.807, 2.05) is 0 Å². The van der Waals surface area contributed by atoms with E-state index in [1.54, 1.807) is 6.92 Å². The van der Waals surface area contributed by atoms with E-state index < -0.39 is 5.82 Å². The molecule has 0 heterocycles. The van der Waals surface area contributed by atoms with Gasteiger partial charge in [-0.1, -0.05) is 0 Å². The summed E-state index contributed by atoms with van der Waals surface area (Å²) < 4.78 is 22.9. The van der Waals surface area contributed by atoms with Crippen LogP contribution in [-0.2, 0) is 9.53 Å². The van der Waals surface area contributed by atoms with Crippen LogP contribution in [-0.4, -0.2) is 25.5 Å². The number of carbonyl (C=O) groups is 2. The summed E-state index contributed by atoms with van der Waals surface area (Å²) in [6.45, 7) is 2.05. The SMILES string of the molecule is CCOC(=O)CCCC(=O)c1cc(F)ccc1OC. The van der Waals surface area contributed by atoms with Crippen molar-refractivity contribution in [1.82, 2.24) is 0 Å². The van der Waals surface area contributed by atoms with Crippen molar-refractivity contribution < 1.29 is 23.5 Å². The molecule has 0 aromatic heterocycles. The van der Waals surface area contributed by atoms with Crippen molar-refractivity contribution in [2.45, 2.75) is 26.2 Å². The number of methoxy groups -OCH3 is 1. The maximum absolute atomic E-state index is 13.1. The number of ether oxygens (including phenoxy) is 2. The van der Waals surface area contributed by atoms with Crippen LogP contribution in [0.1, 0.15) is 36.5 Å². The molecule has 0 N–H and O–H groups in total. The van der Waals surface area contributed by atoms with E-state index in [4.69, 9.17) is 9.47 Å². The summed E-state index contributed by atoms with van der Waals surface area (Å²) >= 11 is 0. The first-order chi connectivity index (χ1) is 9.08. The Bertz CT molecular complexity index is 457. The summed E-state index contributed by atoms with van der Waals surface area (Å²) in [6.07, 6.45) is 0.702. The Labute approximate surface area is 111 Å². The van der Waals surface area contributed by atoms with Crippen molar-refractivity contribution >= 4 is 11.8 Å². The van der Waals surface area contributed by atoms with Crippen molar-refractivity contribution in [3.05, 3.63) is 29.6 Å². The molecule has 0 saturated carbocycles. The van der Waals surface area contributed by atoms with Gasteiger partial charge in [0.05, 0.1) is 19.3 Å². The standard InChI is InChI=1S/C14H17FO4/c1-3-19-14(17)6-4-5-12(16)11-9-10(15)7-8-13(11)18-2/h7-9H,3-6H2,1-2H3. The summed E-state index contributed by atoms with van der Waals surface area (Å²) in [5.41, 5.74) is 0.200. The third-order valence-corrected chi connectivity index (χ3v) is 2.55. The average molecular weight is 268 g/mol. The zero-order valence-corrected chi connectivity index (χ0v) is 11.1. The van der Waals surface area contributed by atoms with E-state index in [0.717, 1.165) is 6.07 Å². The largest absolute Gasteiger partial charge is 0.496 e. The Hall–Kier alpha value is -1.91. The molecule has 0 bridgehead atoms. The lowest BCUT2D eigenvalue weighted by atomic mass is 10.0. The van der Waals surface area contributed by atoms with Crippen molar-refractivity contribution in [1.29, 1.82) is 0 Å². The first kappa shape index (κ1) is 15.1. The molecule has 0 atom stereocenters. The molecular weight excluding hydrogens is 251 g/mol. The number of carbonyl (C=O) groups excluding carboxylic acids is 2. The fraction of sp³-hybridized carbons (Fsp3) is 0.429. The van der Waals surface area contributed by atoms with Crippen LogP contribution in [0.4, 0.5) is 4.39 Å². The van der Waals surface area contributed by atoms with Gasteiger partial charge >= 0.3 is 5.97 Å². The number of Topliss-reactive ketones (excluding diaryl/α,β-unsaturated/α-hetero) is 1. The summed E-state index contributed by atoms with van der Waals surface area (Å²) in [6, 6.07) is 3.79. The first-order valence-electron chi connectivity index (χ1n) is 6.10. The molecule has 0 amide bonds. The van der Waals surface area contributed by atoms with E-state index >= 15 is 0 Å². The highest BCUT2D eigenvalue weighted by Crippen LogP contribution is 2.21. The molecule has 0 spiro atoms. The predicted octanol–water partition coefficient (Wildman–Crippen LogP) is 2.75. The van der Waals surface area contributed by atoms with Crippen LogP contribution in [0.15, 0.2) is 18.2 Å². The molecule has 0 aliphatic carbocycles.